The number of aromatic nitrogens is 1. The van der Waals surface area contributed by atoms with Gasteiger partial charge in [0, 0.05) is 7.05 Å². The summed E-state index contributed by atoms with van der Waals surface area (Å²) in [6, 6.07) is 13.2. The van der Waals surface area contributed by atoms with Crippen LogP contribution in [0.25, 0.3) is 21.2 Å². The van der Waals surface area contributed by atoms with Gasteiger partial charge in [-0.25, -0.2) is 0 Å². The second kappa shape index (κ2) is 7.56. The molecule has 2 heterocycles. The summed E-state index contributed by atoms with van der Waals surface area (Å²) in [4.78, 5) is 30.1. The molecule has 0 aliphatic carbocycles. The minimum absolute atomic E-state index is 0.0557. The van der Waals surface area contributed by atoms with Crippen LogP contribution in [0.5, 0.6) is 0 Å². The maximum atomic E-state index is 12.7. The van der Waals surface area contributed by atoms with Crippen LogP contribution in [0.15, 0.2) is 62.9 Å². The second-order valence-electron chi connectivity index (χ2n) is 6.74. The smallest absolute Gasteiger partial charge is 0.286 e. The zero-order valence-electron chi connectivity index (χ0n) is 15.8. The number of benzene rings is 2. The predicted molar refractivity (Wildman–Crippen MR) is 112 cm³/mol. The number of rotatable bonds is 4. The van der Waals surface area contributed by atoms with Crippen molar-refractivity contribution in [2.24, 2.45) is 12.0 Å². The molecule has 2 aromatic heterocycles. The van der Waals surface area contributed by atoms with E-state index in [0.717, 1.165) is 29.5 Å². The van der Waals surface area contributed by atoms with Crippen molar-refractivity contribution in [3.05, 3.63) is 74.9 Å². The first-order valence-electron chi connectivity index (χ1n) is 9.26. The Bertz CT molecular complexity index is 1310. The molecule has 0 radical (unpaired) electrons. The summed E-state index contributed by atoms with van der Waals surface area (Å²) in [5, 5.41) is 0.379. The normalized spacial score (nSPS) is 12.1. The van der Waals surface area contributed by atoms with Crippen molar-refractivity contribution in [2.75, 3.05) is 0 Å². The van der Waals surface area contributed by atoms with Gasteiger partial charge in [0.1, 0.15) is 17.4 Å². The zero-order valence-corrected chi connectivity index (χ0v) is 16.6. The Morgan fingerprint density at radius 1 is 1.21 bits per heavy atom. The van der Waals surface area contributed by atoms with Gasteiger partial charge >= 0.3 is 0 Å². The Morgan fingerprint density at radius 2 is 2.04 bits per heavy atom. The maximum Gasteiger partial charge on any atom is 0.286 e. The van der Waals surface area contributed by atoms with E-state index in [2.05, 4.69) is 30.1 Å². The molecule has 28 heavy (non-hydrogen) atoms. The standard InChI is InChI=1S/C22H20N2O3S/c1-3-4-7-14-10-11-17-19(12-14)28-22(24(17)2)23-21(26)16-13-27-18-9-6-5-8-15(18)20(16)25/h5-6,8-13H,3-4,7H2,1-2H3. The van der Waals surface area contributed by atoms with Crippen LogP contribution in [0.2, 0.25) is 0 Å². The van der Waals surface area contributed by atoms with Gasteiger partial charge in [-0.05, 0) is 42.7 Å². The van der Waals surface area contributed by atoms with Crippen LogP contribution in [-0.2, 0) is 13.5 Å². The molecular weight excluding hydrogens is 372 g/mol. The molecule has 5 nitrogen and oxygen atoms in total. The summed E-state index contributed by atoms with van der Waals surface area (Å²) in [6.07, 6.45) is 4.54. The summed E-state index contributed by atoms with van der Waals surface area (Å²) < 4.78 is 8.40. The molecule has 0 aliphatic heterocycles. The molecule has 4 rings (SSSR count). The molecule has 142 valence electrons. The van der Waals surface area contributed by atoms with E-state index in [0.29, 0.717) is 15.8 Å². The molecular formula is C22H20N2O3S. The van der Waals surface area contributed by atoms with Crippen LogP contribution in [0.1, 0.15) is 35.7 Å². The van der Waals surface area contributed by atoms with Gasteiger partial charge < -0.3 is 8.98 Å². The first kappa shape index (κ1) is 18.4. The molecule has 2 aromatic carbocycles. The van der Waals surface area contributed by atoms with E-state index in [-0.39, 0.29) is 11.0 Å². The number of fused-ring (bicyclic) bond motifs is 2. The Balaban J connectivity index is 1.77. The number of carbonyl (C=O) groups excluding carboxylic acids is 1. The molecule has 0 saturated heterocycles. The molecule has 0 bridgehead atoms. The number of carbonyl (C=O) groups is 1. The molecule has 4 aromatic rings. The van der Waals surface area contributed by atoms with Crippen LogP contribution in [0.4, 0.5) is 0 Å². The molecule has 1 amide bonds. The lowest BCUT2D eigenvalue weighted by Crippen LogP contribution is -2.18. The van der Waals surface area contributed by atoms with Crippen LogP contribution in [0.3, 0.4) is 0 Å². The highest BCUT2D eigenvalue weighted by atomic mass is 32.1. The van der Waals surface area contributed by atoms with Gasteiger partial charge in [0.25, 0.3) is 5.91 Å². The third kappa shape index (κ3) is 3.31. The van der Waals surface area contributed by atoms with E-state index in [9.17, 15) is 9.59 Å². The number of hydrogen-bond donors (Lipinski definition) is 0. The number of nitrogens with zero attached hydrogens (tertiary/aromatic N) is 2. The quantitative estimate of drug-likeness (QED) is 0.516. The van der Waals surface area contributed by atoms with Gasteiger partial charge in [0.05, 0.1) is 15.6 Å². The van der Waals surface area contributed by atoms with Crippen LogP contribution < -0.4 is 10.2 Å². The predicted octanol–water partition coefficient (Wildman–Crippen LogP) is 4.43. The first-order chi connectivity index (χ1) is 13.6. The van der Waals surface area contributed by atoms with Crippen molar-refractivity contribution in [2.45, 2.75) is 26.2 Å². The lowest BCUT2D eigenvalue weighted by molar-refractivity contribution is 0.0995. The Kier molecular flexibility index (Phi) is 4.96. The summed E-state index contributed by atoms with van der Waals surface area (Å²) in [5.41, 5.74) is 2.34. The van der Waals surface area contributed by atoms with Gasteiger partial charge in [-0.1, -0.05) is 42.9 Å². The van der Waals surface area contributed by atoms with Gasteiger partial charge in [0.2, 0.25) is 5.43 Å². The fourth-order valence-electron chi connectivity index (χ4n) is 3.19. The van der Waals surface area contributed by atoms with E-state index < -0.39 is 5.91 Å². The molecule has 0 saturated carbocycles. The SMILES string of the molecule is CCCCc1ccc2c(c1)sc(=NC(=O)c1coc3ccccc3c1=O)n2C. The third-order valence-electron chi connectivity index (χ3n) is 4.80. The topological polar surface area (TPSA) is 64.6 Å². The molecule has 0 atom stereocenters. The van der Waals surface area contributed by atoms with Crippen molar-refractivity contribution in [3.8, 4) is 0 Å². The van der Waals surface area contributed by atoms with Gasteiger partial charge in [0.15, 0.2) is 4.80 Å². The average molecular weight is 392 g/mol. The average Bonchev–Trinajstić information content (AvgIpc) is 3.01. The van der Waals surface area contributed by atoms with Crippen LogP contribution >= 0.6 is 11.3 Å². The van der Waals surface area contributed by atoms with Crippen molar-refractivity contribution in [3.63, 3.8) is 0 Å². The largest absolute Gasteiger partial charge is 0.463 e. The molecule has 6 heteroatoms. The van der Waals surface area contributed by atoms with Crippen molar-refractivity contribution < 1.29 is 9.21 Å². The molecule has 0 unspecified atom stereocenters. The van der Waals surface area contributed by atoms with E-state index in [1.54, 1.807) is 24.3 Å². The highest BCUT2D eigenvalue weighted by molar-refractivity contribution is 7.16. The highest BCUT2D eigenvalue weighted by Crippen LogP contribution is 2.20. The minimum atomic E-state index is -0.590. The first-order valence-corrected chi connectivity index (χ1v) is 10.1. The van der Waals surface area contributed by atoms with Gasteiger partial charge in [-0.15, -0.1) is 0 Å². The van der Waals surface area contributed by atoms with Crippen molar-refractivity contribution in [1.29, 1.82) is 0 Å². The number of hydrogen-bond acceptors (Lipinski definition) is 4. The number of thiazole rings is 1. The molecule has 0 spiro atoms. The summed E-state index contributed by atoms with van der Waals surface area (Å²) >= 11 is 1.45. The molecule has 0 N–H and O–H groups in total. The second-order valence-corrected chi connectivity index (χ2v) is 7.75. The van der Waals surface area contributed by atoms with Gasteiger partial charge in [-0.2, -0.15) is 4.99 Å². The Hall–Kier alpha value is -2.99. The number of amides is 1. The molecule has 0 fully saturated rings. The fraction of sp³-hybridized carbons (Fsp3) is 0.227. The Morgan fingerprint density at radius 3 is 2.86 bits per heavy atom. The fourth-order valence-corrected chi connectivity index (χ4v) is 4.27. The number of unbranched alkanes of at least 4 members (excludes halogenated alkanes) is 1. The van der Waals surface area contributed by atoms with E-state index in [1.165, 1.54) is 23.2 Å². The number of aryl methyl sites for hydroxylation is 2. The highest BCUT2D eigenvalue weighted by Gasteiger charge is 2.14. The lowest BCUT2D eigenvalue weighted by atomic mass is 10.1. The summed E-state index contributed by atoms with van der Waals surface area (Å²) in [6.45, 7) is 2.18. The lowest BCUT2D eigenvalue weighted by Gasteiger charge is -2.00. The van der Waals surface area contributed by atoms with Crippen LogP contribution in [-0.4, -0.2) is 10.5 Å². The van der Waals surface area contributed by atoms with Crippen molar-refractivity contribution >= 4 is 38.4 Å². The van der Waals surface area contributed by atoms with Crippen molar-refractivity contribution in [1.82, 2.24) is 4.57 Å². The molecule has 0 aliphatic rings. The van der Waals surface area contributed by atoms with E-state index >= 15 is 0 Å². The maximum absolute atomic E-state index is 12.7. The summed E-state index contributed by atoms with van der Waals surface area (Å²) in [5.74, 6) is -0.590. The van der Waals surface area contributed by atoms with E-state index in [1.807, 2.05) is 11.6 Å². The Labute approximate surface area is 165 Å². The monoisotopic (exact) mass is 392 g/mol. The van der Waals surface area contributed by atoms with E-state index in [4.69, 9.17) is 4.42 Å². The zero-order chi connectivity index (χ0) is 19.7. The summed E-state index contributed by atoms with van der Waals surface area (Å²) in [7, 11) is 1.87. The van der Waals surface area contributed by atoms with Gasteiger partial charge in [-0.3, -0.25) is 9.59 Å². The third-order valence-corrected chi connectivity index (χ3v) is 5.90. The minimum Gasteiger partial charge on any atom is -0.463 e. The number of para-hydroxylation sites is 1. The van der Waals surface area contributed by atoms with Crippen LogP contribution in [0, 0.1) is 0 Å².